The second-order valence-electron chi connectivity index (χ2n) is 9.27. The maximum absolute atomic E-state index is 12.8. The number of carbonyl (C=O) groups excluding carboxylic acids is 1. The Balaban J connectivity index is 1.74. The molecule has 1 aliphatic heterocycles. The number of hydrogen-bond acceptors (Lipinski definition) is 3. The van der Waals surface area contributed by atoms with Gasteiger partial charge in [0.15, 0.2) is 11.5 Å². The highest BCUT2D eigenvalue weighted by molar-refractivity contribution is 6.02. The minimum Gasteiger partial charge on any atom is -0.319 e. The van der Waals surface area contributed by atoms with Crippen LogP contribution in [0.4, 0.5) is 0 Å². The summed E-state index contributed by atoms with van der Waals surface area (Å²) >= 11 is 0. The molecule has 0 amide bonds. The van der Waals surface area contributed by atoms with E-state index >= 15 is 0 Å². The lowest BCUT2D eigenvalue weighted by molar-refractivity contribution is -0.977. The summed E-state index contributed by atoms with van der Waals surface area (Å²) in [5.74, 6) is 0.209. The number of hydrogen-bond donors (Lipinski definition) is 1. The van der Waals surface area contributed by atoms with Gasteiger partial charge in [-0.15, -0.1) is 0 Å². The van der Waals surface area contributed by atoms with E-state index in [4.69, 9.17) is 0 Å². The molecular formula is C20H30N4O2+2. The van der Waals surface area contributed by atoms with Crippen molar-refractivity contribution in [2.75, 3.05) is 19.6 Å². The molecule has 6 heteroatoms. The van der Waals surface area contributed by atoms with E-state index in [0.717, 1.165) is 39.7 Å². The van der Waals surface area contributed by atoms with Crippen molar-refractivity contribution in [3.63, 3.8) is 0 Å². The highest BCUT2D eigenvalue weighted by atomic mass is 16.3. The normalized spacial score (nSPS) is 27.3. The monoisotopic (exact) mass is 358 g/mol. The molecule has 2 heterocycles. The Morgan fingerprint density at radius 2 is 1.96 bits per heavy atom. The number of quaternary nitrogens is 1. The molecule has 1 saturated heterocycles. The summed E-state index contributed by atoms with van der Waals surface area (Å²) in [6.07, 6.45) is 8.87. The van der Waals surface area contributed by atoms with Crippen molar-refractivity contribution in [2.45, 2.75) is 64.3 Å². The first-order chi connectivity index (χ1) is 12.3. The van der Waals surface area contributed by atoms with Crippen LogP contribution >= 0.6 is 0 Å². The van der Waals surface area contributed by atoms with E-state index in [2.05, 4.69) is 31.1 Å². The van der Waals surface area contributed by atoms with Gasteiger partial charge in [-0.1, -0.05) is 0 Å². The van der Waals surface area contributed by atoms with Gasteiger partial charge in [0, 0.05) is 17.4 Å². The largest absolute Gasteiger partial charge is 0.319 e. The maximum Gasteiger partial charge on any atom is 0.209 e. The number of piperidine rings is 1. The van der Waals surface area contributed by atoms with Crippen molar-refractivity contribution >= 4 is 11.9 Å². The Bertz CT molecular complexity index is 812. The fraction of sp³-hybridized carbons (Fsp3) is 0.700. The smallest absolute Gasteiger partial charge is 0.209 e. The molecular weight excluding hydrogens is 328 g/mol. The van der Waals surface area contributed by atoms with Crippen molar-refractivity contribution in [3.05, 3.63) is 27.9 Å². The van der Waals surface area contributed by atoms with Gasteiger partial charge in [-0.3, -0.25) is 4.79 Å². The SMILES string of the molecule is CC(C)(C)[N+]1(C[C@@H]2CCc3c4c(n[nH][n+]3=O)C=CC(=O)C42)CCCCC1. The molecule has 1 aromatic heterocycles. The minimum absolute atomic E-state index is 0.139. The average molecular weight is 358 g/mol. The standard InChI is InChI=1S/C20H29N4O2/c1-20(2,3)24(11-5-4-6-12-24)13-14-7-9-16-19-15(21-22-23(16)26)8-10-17(25)18(14)19/h8,10,14,18H,4-7,9,11-13H2,1-3H3/q+1/p+1/t14-,18?/m0/s1. The predicted octanol–water partition coefficient (Wildman–Crippen LogP) is 2.37. The van der Waals surface area contributed by atoms with Gasteiger partial charge in [0.1, 0.15) is 0 Å². The zero-order valence-electron chi connectivity index (χ0n) is 16.1. The number of nitrogens with one attached hydrogen (secondary N) is 1. The Hall–Kier alpha value is -1.82. The number of likely N-dealkylation sites (tertiary alicyclic amines) is 1. The molecule has 2 atom stereocenters. The first kappa shape index (κ1) is 17.6. The van der Waals surface area contributed by atoms with Crippen LogP contribution in [0.3, 0.4) is 0 Å². The van der Waals surface area contributed by atoms with Crippen molar-refractivity contribution in [2.24, 2.45) is 5.92 Å². The van der Waals surface area contributed by atoms with Crippen LogP contribution in [0, 0.1) is 10.8 Å². The number of allylic oxidation sites excluding steroid dienone is 1. The van der Waals surface area contributed by atoms with Crippen LogP contribution in [-0.2, 0) is 11.2 Å². The molecule has 0 aromatic carbocycles. The third kappa shape index (κ3) is 2.66. The van der Waals surface area contributed by atoms with Gasteiger partial charge in [-0.2, -0.15) is 0 Å². The van der Waals surface area contributed by atoms with Gasteiger partial charge in [0.2, 0.25) is 5.69 Å². The number of carbonyl (C=O) groups is 1. The zero-order chi connectivity index (χ0) is 18.5. The summed E-state index contributed by atoms with van der Waals surface area (Å²) in [5.41, 5.74) is 2.52. The molecule has 1 unspecified atom stereocenters. The fourth-order valence-corrected chi connectivity index (χ4v) is 5.43. The van der Waals surface area contributed by atoms with Crippen molar-refractivity contribution in [1.82, 2.24) is 10.3 Å². The van der Waals surface area contributed by atoms with Gasteiger partial charge < -0.3 is 4.48 Å². The van der Waals surface area contributed by atoms with E-state index in [0.29, 0.717) is 5.69 Å². The molecule has 6 nitrogen and oxygen atoms in total. The van der Waals surface area contributed by atoms with Crippen molar-refractivity contribution < 1.29 is 13.8 Å². The zero-order valence-corrected chi connectivity index (χ0v) is 16.1. The highest BCUT2D eigenvalue weighted by Gasteiger charge is 2.49. The topological polar surface area (TPSA) is 68.7 Å². The molecule has 0 saturated carbocycles. The minimum atomic E-state index is -0.208. The number of nitrogens with zero attached hydrogens (tertiary/aromatic N) is 3. The second-order valence-corrected chi connectivity index (χ2v) is 9.27. The molecule has 1 fully saturated rings. The molecule has 2 aliphatic carbocycles. The Labute approximate surface area is 154 Å². The second kappa shape index (κ2) is 6.12. The van der Waals surface area contributed by atoms with Crippen LogP contribution in [0.15, 0.2) is 6.08 Å². The molecule has 140 valence electrons. The lowest BCUT2D eigenvalue weighted by atomic mass is 9.71. The van der Waals surface area contributed by atoms with Crippen LogP contribution < -0.4 is 4.54 Å². The van der Waals surface area contributed by atoms with E-state index in [9.17, 15) is 9.70 Å². The van der Waals surface area contributed by atoms with Gasteiger partial charge in [-0.25, -0.2) is 0 Å². The van der Waals surface area contributed by atoms with E-state index in [1.54, 1.807) is 12.2 Å². The summed E-state index contributed by atoms with van der Waals surface area (Å²) in [5, 5.41) is 6.70. The summed E-state index contributed by atoms with van der Waals surface area (Å²) < 4.78 is 1.84. The lowest BCUT2D eigenvalue weighted by Gasteiger charge is -2.53. The van der Waals surface area contributed by atoms with Gasteiger partial charge >= 0.3 is 0 Å². The summed E-state index contributed by atoms with van der Waals surface area (Å²) in [6.45, 7) is 10.4. The number of H-pyrrole nitrogens is 1. The first-order valence-electron chi connectivity index (χ1n) is 9.94. The third-order valence-corrected chi connectivity index (χ3v) is 7.02. The van der Waals surface area contributed by atoms with Gasteiger partial charge in [-0.05, 0) is 68.7 Å². The Morgan fingerprint density at radius 3 is 2.65 bits per heavy atom. The molecule has 0 spiro atoms. The van der Waals surface area contributed by atoms with Crippen LogP contribution in [0.5, 0.6) is 0 Å². The number of rotatable bonds is 2. The van der Waals surface area contributed by atoms with Gasteiger partial charge in [0.05, 0.1) is 41.2 Å². The van der Waals surface area contributed by atoms with Crippen molar-refractivity contribution in [1.29, 1.82) is 0 Å². The average Bonchev–Trinajstić information content (AvgIpc) is 2.60. The Morgan fingerprint density at radius 1 is 1.23 bits per heavy atom. The third-order valence-electron chi connectivity index (χ3n) is 7.02. The number of aromatic amines is 1. The first-order valence-corrected chi connectivity index (χ1v) is 9.94. The summed E-state index contributed by atoms with van der Waals surface area (Å²) in [7, 11) is 0. The van der Waals surface area contributed by atoms with Gasteiger partial charge in [0.25, 0.3) is 0 Å². The summed E-state index contributed by atoms with van der Waals surface area (Å²) in [4.78, 5) is 25.0. The van der Waals surface area contributed by atoms with Crippen LogP contribution in [0.2, 0.25) is 0 Å². The van der Waals surface area contributed by atoms with E-state index < -0.39 is 0 Å². The van der Waals surface area contributed by atoms with Crippen LogP contribution in [0.1, 0.15) is 69.3 Å². The molecule has 3 aliphatic rings. The Kier molecular flexibility index (Phi) is 4.14. The summed E-state index contributed by atoms with van der Waals surface area (Å²) in [6, 6.07) is 0. The predicted molar refractivity (Wildman–Crippen MR) is 99.0 cm³/mol. The van der Waals surface area contributed by atoms with E-state index in [1.165, 1.54) is 32.4 Å². The quantitative estimate of drug-likeness (QED) is 0.652. The van der Waals surface area contributed by atoms with Crippen LogP contribution in [0.25, 0.3) is 6.08 Å². The molecule has 0 radical (unpaired) electrons. The van der Waals surface area contributed by atoms with Crippen molar-refractivity contribution in [3.8, 4) is 0 Å². The molecule has 1 N–H and O–H groups in total. The number of ketones is 1. The molecule has 26 heavy (non-hydrogen) atoms. The van der Waals surface area contributed by atoms with E-state index in [1.807, 2.05) is 0 Å². The maximum atomic E-state index is 12.8. The van der Waals surface area contributed by atoms with E-state index in [-0.39, 0.29) is 23.2 Å². The van der Waals surface area contributed by atoms with Crippen LogP contribution in [-0.4, -0.2) is 45.8 Å². The molecule has 1 aromatic rings. The lowest BCUT2D eigenvalue weighted by Crippen LogP contribution is -2.64. The highest BCUT2D eigenvalue weighted by Crippen LogP contribution is 2.43. The fourth-order valence-electron chi connectivity index (χ4n) is 5.43. The number of aromatic nitrogens is 3. The molecule has 4 rings (SSSR count). The molecule has 0 bridgehead atoms.